The molecule has 0 fully saturated rings. The largest absolute Gasteiger partial charge is 0.386 e. The topological polar surface area (TPSA) is 20.2 Å². The summed E-state index contributed by atoms with van der Waals surface area (Å²) in [5, 5.41) is 9.53. The summed E-state index contributed by atoms with van der Waals surface area (Å²) in [5.74, 6) is 0. The molecular weight excluding hydrogens is 136 g/mol. The Hall–Kier alpha value is -0.820. The van der Waals surface area contributed by atoms with E-state index in [1.165, 1.54) is 0 Å². The van der Waals surface area contributed by atoms with Gasteiger partial charge < -0.3 is 5.11 Å². The molecule has 1 N–H and O–H groups in total. The van der Waals surface area contributed by atoms with Gasteiger partial charge in [0.1, 0.15) is 0 Å². The highest BCUT2D eigenvalue weighted by atomic mass is 16.3. The lowest BCUT2D eigenvalue weighted by atomic mass is 9.98. The van der Waals surface area contributed by atoms with Crippen molar-refractivity contribution in [2.24, 2.45) is 0 Å². The Bertz CT molecular complexity index is 180. The normalized spacial score (nSPS) is 14.0. The van der Waals surface area contributed by atoms with Gasteiger partial charge in [0.05, 0.1) is 5.60 Å². The molecule has 0 aliphatic heterocycles. The summed E-state index contributed by atoms with van der Waals surface area (Å²) in [4.78, 5) is 0. The summed E-state index contributed by atoms with van der Waals surface area (Å²) in [6.07, 6.45) is 7.32. The average molecular weight is 152 g/mol. The summed E-state index contributed by atoms with van der Waals surface area (Å²) in [7, 11) is 0. The maximum absolute atomic E-state index is 9.53. The van der Waals surface area contributed by atoms with Crippen molar-refractivity contribution < 1.29 is 5.11 Å². The van der Waals surface area contributed by atoms with E-state index in [4.69, 9.17) is 0 Å². The van der Waals surface area contributed by atoms with E-state index in [-0.39, 0.29) is 0 Å². The fraction of sp³-hybridized carbons (Fsp3) is 0.400. The van der Waals surface area contributed by atoms with Crippen LogP contribution in [0.3, 0.4) is 0 Å². The summed E-state index contributed by atoms with van der Waals surface area (Å²) < 4.78 is 0. The zero-order chi connectivity index (χ0) is 8.91. The van der Waals surface area contributed by atoms with E-state index >= 15 is 0 Å². The molecule has 0 heterocycles. The van der Waals surface area contributed by atoms with Crippen LogP contribution < -0.4 is 0 Å². The molecule has 0 aromatic carbocycles. The van der Waals surface area contributed by atoms with Gasteiger partial charge in [-0.1, -0.05) is 30.9 Å². The molecule has 0 aliphatic carbocycles. The molecule has 0 aliphatic rings. The molecule has 62 valence electrons. The number of rotatable bonds is 3. The van der Waals surface area contributed by atoms with Crippen LogP contribution in [-0.2, 0) is 0 Å². The first kappa shape index (κ1) is 10.2. The Morgan fingerprint density at radius 2 is 2.00 bits per heavy atom. The first-order chi connectivity index (χ1) is 5.02. The Morgan fingerprint density at radius 1 is 1.45 bits per heavy atom. The molecule has 0 saturated heterocycles. The average Bonchev–Trinajstić information content (AvgIpc) is 1.87. The molecule has 0 aromatic heterocycles. The Morgan fingerprint density at radius 3 is 2.27 bits per heavy atom. The molecular formula is C10H16O. The quantitative estimate of drug-likeness (QED) is 0.616. The van der Waals surface area contributed by atoms with E-state index < -0.39 is 5.60 Å². The minimum atomic E-state index is -0.790. The van der Waals surface area contributed by atoms with Crippen LogP contribution in [-0.4, -0.2) is 10.7 Å². The minimum Gasteiger partial charge on any atom is -0.386 e. The van der Waals surface area contributed by atoms with Crippen molar-refractivity contribution in [3.8, 4) is 0 Å². The van der Waals surface area contributed by atoms with Crippen LogP contribution in [0.5, 0.6) is 0 Å². The van der Waals surface area contributed by atoms with Crippen molar-refractivity contribution in [3.05, 3.63) is 36.5 Å². The summed E-state index contributed by atoms with van der Waals surface area (Å²) in [5.41, 5.74) is 0.0388. The highest BCUT2D eigenvalue weighted by Gasteiger charge is 2.14. The maximum Gasteiger partial charge on any atom is 0.0840 e. The molecule has 0 bridgehead atoms. The lowest BCUT2D eigenvalue weighted by Crippen LogP contribution is -2.20. The predicted octanol–water partition coefficient (Wildman–Crippen LogP) is 2.45. The molecule has 0 amide bonds. The van der Waals surface area contributed by atoms with Gasteiger partial charge >= 0.3 is 0 Å². The van der Waals surface area contributed by atoms with E-state index in [1.807, 2.05) is 25.2 Å². The van der Waals surface area contributed by atoms with Crippen molar-refractivity contribution in [3.63, 3.8) is 0 Å². The van der Waals surface area contributed by atoms with Gasteiger partial charge in [-0.05, 0) is 26.3 Å². The Balaban J connectivity index is 4.53. The second kappa shape index (κ2) is 4.14. The molecule has 0 atom stereocenters. The van der Waals surface area contributed by atoms with Gasteiger partial charge in [-0.2, -0.15) is 0 Å². The van der Waals surface area contributed by atoms with Gasteiger partial charge in [0, 0.05) is 0 Å². The lowest BCUT2D eigenvalue weighted by molar-refractivity contribution is 0.124. The van der Waals surface area contributed by atoms with Crippen LogP contribution in [0.25, 0.3) is 0 Å². The first-order valence-electron chi connectivity index (χ1n) is 3.70. The standard InChI is InChI=1S/C10H16O/c1-5-7-8-9(6-2)10(3,4)11/h5-8,11H,2H2,1,3-4H3/b7-5-,9-8+. The van der Waals surface area contributed by atoms with Crippen LogP contribution in [0.2, 0.25) is 0 Å². The molecule has 0 radical (unpaired) electrons. The van der Waals surface area contributed by atoms with Crippen LogP contribution in [0.1, 0.15) is 20.8 Å². The molecule has 1 heteroatoms. The first-order valence-corrected chi connectivity index (χ1v) is 3.70. The third kappa shape index (κ3) is 3.79. The van der Waals surface area contributed by atoms with Crippen molar-refractivity contribution in [1.29, 1.82) is 0 Å². The molecule has 0 aromatic rings. The third-order valence-corrected chi connectivity index (χ3v) is 1.39. The Kier molecular flexibility index (Phi) is 3.83. The van der Waals surface area contributed by atoms with Crippen molar-refractivity contribution in [1.82, 2.24) is 0 Å². The van der Waals surface area contributed by atoms with Crippen LogP contribution in [0.15, 0.2) is 36.5 Å². The lowest BCUT2D eigenvalue weighted by Gasteiger charge is -2.17. The van der Waals surface area contributed by atoms with Crippen molar-refractivity contribution >= 4 is 0 Å². The van der Waals surface area contributed by atoms with E-state index in [1.54, 1.807) is 19.9 Å². The van der Waals surface area contributed by atoms with Gasteiger partial charge in [0.25, 0.3) is 0 Å². The summed E-state index contributed by atoms with van der Waals surface area (Å²) in [6, 6.07) is 0. The summed E-state index contributed by atoms with van der Waals surface area (Å²) >= 11 is 0. The van der Waals surface area contributed by atoms with Gasteiger partial charge in [-0.15, -0.1) is 0 Å². The Labute approximate surface area is 68.7 Å². The van der Waals surface area contributed by atoms with Gasteiger partial charge in [-0.25, -0.2) is 0 Å². The van der Waals surface area contributed by atoms with E-state index in [2.05, 4.69) is 6.58 Å². The van der Waals surface area contributed by atoms with E-state index in [9.17, 15) is 5.11 Å². The fourth-order valence-electron chi connectivity index (χ4n) is 0.722. The zero-order valence-corrected chi connectivity index (χ0v) is 7.46. The SMILES string of the molecule is C=C/C(=C\C=C/C)C(C)(C)O. The predicted molar refractivity (Wildman–Crippen MR) is 49.4 cm³/mol. The highest BCUT2D eigenvalue weighted by Crippen LogP contribution is 2.15. The number of aliphatic hydroxyl groups is 1. The third-order valence-electron chi connectivity index (χ3n) is 1.39. The fourth-order valence-corrected chi connectivity index (χ4v) is 0.722. The smallest absolute Gasteiger partial charge is 0.0840 e. The van der Waals surface area contributed by atoms with Crippen molar-refractivity contribution in [2.75, 3.05) is 0 Å². The number of allylic oxidation sites excluding steroid dienone is 3. The molecule has 0 spiro atoms. The second-order valence-corrected chi connectivity index (χ2v) is 2.91. The number of hydrogen-bond acceptors (Lipinski definition) is 1. The second-order valence-electron chi connectivity index (χ2n) is 2.91. The summed E-state index contributed by atoms with van der Waals surface area (Å²) in [6.45, 7) is 9.03. The molecule has 0 unspecified atom stereocenters. The van der Waals surface area contributed by atoms with Gasteiger partial charge in [0.2, 0.25) is 0 Å². The molecule has 0 rings (SSSR count). The molecule has 0 saturated carbocycles. The van der Waals surface area contributed by atoms with Crippen molar-refractivity contribution in [2.45, 2.75) is 26.4 Å². The van der Waals surface area contributed by atoms with Gasteiger partial charge in [0.15, 0.2) is 0 Å². The zero-order valence-electron chi connectivity index (χ0n) is 7.46. The van der Waals surface area contributed by atoms with E-state index in [0.717, 1.165) is 5.57 Å². The maximum atomic E-state index is 9.53. The molecule has 11 heavy (non-hydrogen) atoms. The monoisotopic (exact) mass is 152 g/mol. The van der Waals surface area contributed by atoms with Crippen LogP contribution >= 0.6 is 0 Å². The highest BCUT2D eigenvalue weighted by molar-refractivity contribution is 5.29. The van der Waals surface area contributed by atoms with Crippen LogP contribution in [0.4, 0.5) is 0 Å². The van der Waals surface area contributed by atoms with E-state index in [0.29, 0.717) is 0 Å². The number of hydrogen-bond donors (Lipinski definition) is 1. The van der Waals surface area contributed by atoms with Crippen LogP contribution in [0, 0.1) is 0 Å². The molecule has 1 nitrogen and oxygen atoms in total. The van der Waals surface area contributed by atoms with Gasteiger partial charge in [-0.3, -0.25) is 0 Å². The minimum absolute atomic E-state index is 0.790.